The van der Waals surface area contributed by atoms with Crippen molar-refractivity contribution in [2.45, 2.75) is 32.0 Å². The van der Waals surface area contributed by atoms with Gasteiger partial charge in [0.25, 0.3) is 0 Å². The van der Waals surface area contributed by atoms with Crippen LogP contribution >= 0.6 is 0 Å². The lowest BCUT2D eigenvalue weighted by Crippen LogP contribution is -2.46. The molecule has 0 saturated carbocycles. The molecular formula is C13H19NO3. The third-order valence-electron chi connectivity index (χ3n) is 3.24. The summed E-state index contributed by atoms with van der Waals surface area (Å²) in [6.45, 7) is 3.79. The molecule has 17 heavy (non-hydrogen) atoms. The molecule has 94 valence electrons. The zero-order chi connectivity index (χ0) is 12.6. The maximum atomic E-state index is 9.99. The molecule has 1 unspecified atom stereocenters. The standard InChI is InChI=1S/C13H19NO3/c1-13(2)12(15)6-8-5-11(16-4)9(14-3)7-10(8)17-13/h5,7,12,14-15H,6H2,1-4H3. The Morgan fingerprint density at radius 1 is 1.47 bits per heavy atom. The number of nitrogens with one attached hydrogen (secondary N) is 1. The summed E-state index contributed by atoms with van der Waals surface area (Å²) in [5, 5.41) is 13.1. The van der Waals surface area contributed by atoms with Gasteiger partial charge < -0.3 is 19.9 Å². The van der Waals surface area contributed by atoms with Crippen LogP contribution in [-0.2, 0) is 6.42 Å². The smallest absolute Gasteiger partial charge is 0.142 e. The van der Waals surface area contributed by atoms with Crippen molar-refractivity contribution in [2.24, 2.45) is 0 Å². The number of hydrogen-bond acceptors (Lipinski definition) is 4. The van der Waals surface area contributed by atoms with E-state index in [9.17, 15) is 5.11 Å². The van der Waals surface area contributed by atoms with Crippen molar-refractivity contribution in [3.63, 3.8) is 0 Å². The predicted octanol–water partition coefficient (Wildman–Crippen LogP) is 1.81. The van der Waals surface area contributed by atoms with Crippen LogP contribution in [0.15, 0.2) is 12.1 Å². The van der Waals surface area contributed by atoms with E-state index in [0.717, 1.165) is 22.7 Å². The molecule has 0 aliphatic carbocycles. The van der Waals surface area contributed by atoms with Gasteiger partial charge in [0.05, 0.1) is 18.9 Å². The fraction of sp³-hybridized carbons (Fsp3) is 0.538. The first-order valence-corrected chi connectivity index (χ1v) is 5.73. The molecule has 0 saturated heterocycles. The van der Waals surface area contributed by atoms with Gasteiger partial charge in [-0.3, -0.25) is 0 Å². The van der Waals surface area contributed by atoms with Gasteiger partial charge >= 0.3 is 0 Å². The number of aliphatic hydroxyl groups excluding tert-OH is 1. The molecule has 0 amide bonds. The zero-order valence-corrected chi connectivity index (χ0v) is 10.7. The highest BCUT2D eigenvalue weighted by Crippen LogP contribution is 2.39. The van der Waals surface area contributed by atoms with Crippen molar-refractivity contribution < 1.29 is 14.6 Å². The van der Waals surface area contributed by atoms with E-state index >= 15 is 0 Å². The van der Waals surface area contributed by atoms with Gasteiger partial charge in [0.15, 0.2) is 0 Å². The SMILES string of the molecule is CNc1cc2c(cc1OC)CC(O)C(C)(C)O2. The van der Waals surface area contributed by atoms with Gasteiger partial charge in [-0.05, 0) is 19.9 Å². The van der Waals surface area contributed by atoms with E-state index in [0.29, 0.717) is 6.42 Å². The predicted molar refractivity (Wildman–Crippen MR) is 67.0 cm³/mol. The van der Waals surface area contributed by atoms with Crippen molar-refractivity contribution in [3.8, 4) is 11.5 Å². The summed E-state index contributed by atoms with van der Waals surface area (Å²) in [5.41, 5.74) is 1.32. The van der Waals surface area contributed by atoms with Crippen LogP contribution in [0.5, 0.6) is 11.5 Å². The van der Waals surface area contributed by atoms with Crippen LogP contribution in [0.1, 0.15) is 19.4 Å². The first-order valence-electron chi connectivity index (χ1n) is 5.73. The highest BCUT2D eigenvalue weighted by atomic mass is 16.5. The van der Waals surface area contributed by atoms with Crippen molar-refractivity contribution >= 4 is 5.69 Å². The van der Waals surface area contributed by atoms with E-state index < -0.39 is 11.7 Å². The summed E-state index contributed by atoms with van der Waals surface area (Å²) >= 11 is 0. The number of anilines is 1. The van der Waals surface area contributed by atoms with Gasteiger partial charge in [-0.2, -0.15) is 0 Å². The summed E-state index contributed by atoms with van der Waals surface area (Å²) in [7, 11) is 3.47. The lowest BCUT2D eigenvalue weighted by Gasteiger charge is -2.37. The molecule has 0 radical (unpaired) electrons. The maximum absolute atomic E-state index is 9.99. The second-order valence-electron chi connectivity index (χ2n) is 4.84. The monoisotopic (exact) mass is 237 g/mol. The van der Waals surface area contributed by atoms with Gasteiger partial charge in [0, 0.05) is 25.1 Å². The van der Waals surface area contributed by atoms with Crippen molar-refractivity contribution in [3.05, 3.63) is 17.7 Å². The fourth-order valence-electron chi connectivity index (χ4n) is 2.03. The minimum Gasteiger partial charge on any atom is -0.495 e. The molecule has 0 bridgehead atoms. The summed E-state index contributed by atoms with van der Waals surface area (Å²) in [6.07, 6.45) is 0.0861. The molecule has 0 fully saturated rings. The first-order chi connectivity index (χ1) is 7.97. The first kappa shape index (κ1) is 12.0. The molecule has 0 aromatic heterocycles. The Kier molecular flexibility index (Phi) is 2.91. The molecule has 4 heteroatoms. The Hall–Kier alpha value is -1.42. The Morgan fingerprint density at radius 2 is 2.18 bits per heavy atom. The van der Waals surface area contributed by atoms with E-state index in [1.807, 2.05) is 33.0 Å². The molecule has 1 aliphatic rings. The third-order valence-corrected chi connectivity index (χ3v) is 3.24. The highest BCUT2D eigenvalue weighted by Gasteiger charge is 2.36. The molecular weight excluding hydrogens is 218 g/mol. The average Bonchev–Trinajstić information content (AvgIpc) is 2.28. The van der Waals surface area contributed by atoms with Gasteiger partial charge in [0.1, 0.15) is 17.1 Å². The fourth-order valence-corrected chi connectivity index (χ4v) is 2.03. The topological polar surface area (TPSA) is 50.7 Å². The van der Waals surface area contributed by atoms with Crippen LogP contribution in [0, 0.1) is 0 Å². The molecule has 2 N–H and O–H groups in total. The molecule has 1 aromatic rings. The molecule has 1 aromatic carbocycles. The van der Waals surface area contributed by atoms with Gasteiger partial charge in [0.2, 0.25) is 0 Å². The number of methoxy groups -OCH3 is 1. The number of benzene rings is 1. The Morgan fingerprint density at radius 3 is 2.76 bits per heavy atom. The van der Waals surface area contributed by atoms with Crippen LogP contribution in [0.4, 0.5) is 5.69 Å². The second kappa shape index (κ2) is 4.11. The number of ether oxygens (including phenoxy) is 2. The van der Waals surface area contributed by atoms with Crippen LogP contribution in [0.25, 0.3) is 0 Å². The normalized spacial score (nSPS) is 21.4. The number of aliphatic hydroxyl groups is 1. The number of hydrogen-bond donors (Lipinski definition) is 2. The second-order valence-corrected chi connectivity index (χ2v) is 4.84. The molecule has 0 spiro atoms. The maximum Gasteiger partial charge on any atom is 0.142 e. The average molecular weight is 237 g/mol. The van der Waals surface area contributed by atoms with Crippen LogP contribution in [-0.4, -0.2) is 31.0 Å². The summed E-state index contributed by atoms with van der Waals surface area (Å²) < 4.78 is 11.1. The molecule has 4 nitrogen and oxygen atoms in total. The lowest BCUT2D eigenvalue weighted by atomic mass is 9.91. The largest absolute Gasteiger partial charge is 0.495 e. The Bertz CT molecular complexity index is 429. The molecule has 1 atom stereocenters. The zero-order valence-electron chi connectivity index (χ0n) is 10.7. The summed E-state index contributed by atoms with van der Waals surface area (Å²) in [4.78, 5) is 0. The van der Waals surface area contributed by atoms with E-state index in [-0.39, 0.29) is 0 Å². The van der Waals surface area contributed by atoms with Crippen LogP contribution < -0.4 is 14.8 Å². The van der Waals surface area contributed by atoms with E-state index in [1.165, 1.54) is 0 Å². The Labute approximate surface area is 102 Å². The van der Waals surface area contributed by atoms with Crippen LogP contribution in [0.2, 0.25) is 0 Å². The Balaban J connectivity index is 2.45. The minimum atomic E-state index is -0.549. The van der Waals surface area contributed by atoms with E-state index in [2.05, 4.69) is 5.32 Å². The van der Waals surface area contributed by atoms with Crippen molar-refractivity contribution in [1.82, 2.24) is 0 Å². The highest BCUT2D eigenvalue weighted by molar-refractivity contribution is 5.62. The van der Waals surface area contributed by atoms with Gasteiger partial charge in [-0.25, -0.2) is 0 Å². The molecule has 1 aliphatic heterocycles. The third kappa shape index (κ3) is 2.05. The van der Waals surface area contributed by atoms with Gasteiger partial charge in [-0.1, -0.05) is 0 Å². The summed E-state index contributed by atoms with van der Waals surface area (Å²) in [6, 6.07) is 3.83. The minimum absolute atomic E-state index is 0.500. The van der Waals surface area contributed by atoms with Gasteiger partial charge in [-0.15, -0.1) is 0 Å². The van der Waals surface area contributed by atoms with E-state index in [4.69, 9.17) is 9.47 Å². The number of rotatable bonds is 2. The summed E-state index contributed by atoms with van der Waals surface area (Å²) in [5.74, 6) is 1.58. The lowest BCUT2D eigenvalue weighted by molar-refractivity contribution is -0.0411. The van der Waals surface area contributed by atoms with E-state index in [1.54, 1.807) is 7.11 Å². The molecule has 1 heterocycles. The van der Waals surface area contributed by atoms with Crippen LogP contribution in [0.3, 0.4) is 0 Å². The van der Waals surface area contributed by atoms with Crippen molar-refractivity contribution in [1.29, 1.82) is 0 Å². The van der Waals surface area contributed by atoms with Crippen molar-refractivity contribution in [2.75, 3.05) is 19.5 Å². The molecule has 2 rings (SSSR count). The quantitative estimate of drug-likeness (QED) is 0.823. The number of fused-ring (bicyclic) bond motifs is 1.